The Morgan fingerprint density at radius 3 is 2.75 bits per heavy atom. The van der Waals surface area contributed by atoms with Gasteiger partial charge in [0.25, 0.3) is 5.91 Å². The molecule has 6 nitrogen and oxygen atoms in total. The van der Waals surface area contributed by atoms with E-state index in [1.807, 2.05) is 40.0 Å². The minimum Gasteiger partial charge on any atom is -0.483 e. The zero-order valence-corrected chi connectivity index (χ0v) is 15.0. The van der Waals surface area contributed by atoms with Gasteiger partial charge in [-0.05, 0) is 44.4 Å². The highest BCUT2D eigenvalue weighted by molar-refractivity contribution is 7.16. The molecule has 0 aliphatic heterocycles. The average Bonchev–Trinajstić information content (AvgIpc) is 3.06. The Kier molecular flexibility index (Phi) is 4.53. The number of carbonyl (C=O) groups is 1. The minimum atomic E-state index is -0.171. The molecular formula is C17H20N4O2S. The van der Waals surface area contributed by atoms with Crippen LogP contribution in [-0.2, 0) is 11.3 Å². The summed E-state index contributed by atoms with van der Waals surface area (Å²) in [4.78, 5) is 17.3. The molecule has 0 atom stereocenters. The molecule has 0 saturated heterocycles. The topological polar surface area (TPSA) is 68.5 Å². The molecule has 0 fully saturated rings. The number of rotatable bonds is 5. The van der Waals surface area contributed by atoms with Crippen LogP contribution >= 0.6 is 11.3 Å². The number of amides is 1. The van der Waals surface area contributed by atoms with E-state index in [-0.39, 0.29) is 12.5 Å². The van der Waals surface area contributed by atoms with Gasteiger partial charge in [0, 0.05) is 0 Å². The fourth-order valence-electron chi connectivity index (χ4n) is 2.46. The third-order valence-corrected chi connectivity index (χ3v) is 4.72. The number of aromatic nitrogens is 3. The van der Waals surface area contributed by atoms with E-state index in [9.17, 15) is 4.79 Å². The molecule has 2 heterocycles. The Morgan fingerprint density at radius 1 is 1.25 bits per heavy atom. The number of ether oxygens (including phenoxy) is 1. The standard InChI is InChI=1S/C17H20N4O2S/c1-10-5-6-11(2)16(12(10)3)23-9-15(22)18-7-14-8-21-17(19-14)24-13(4)20-21/h5-6,8H,7,9H2,1-4H3,(H,18,22). The van der Waals surface area contributed by atoms with Gasteiger partial charge in [0.1, 0.15) is 10.8 Å². The van der Waals surface area contributed by atoms with Gasteiger partial charge in [-0.3, -0.25) is 4.79 Å². The van der Waals surface area contributed by atoms with Gasteiger partial charge in [-0.1, -0.05) is 23.5 Å². The van der Waals surface area contributed by atoms with Gasteiger partial charge in [0.05, 0.1) is 18.4 Å². The maximum absolute atomic E-state index is 12.0. The van der Waals surface area contributed by atoms with Crippen LogP contribution in [0.15, 0.2) is 18.3 Å². The fraction of sp³-hybridized carbons (Fsp3) is 0.353. The van der Waals surface area contributed by atoms with Crippen molar-refractivity contribution in [3.63, 3.8) is 0 Å². The molecule has 0 unspecified atom stereocenters. The Balaban J connectivity index is 1.56. The molecular weight excluding hydrogens is 324 g/mol. The van der Waals surface area contributed by atoms with E-state index in [2.05, 4.69) is 21.5 Å². The number of hydrogen-bond acceptors (Lipinski definition) is 5. The summed E-state index contributed by atoms with van der Waals surface area (Å²) in [5, 5.41) is 8.09. The van der Waals surface area contributed by atoms with E-state index < -0.39 is 0 Å². The quantitative estimate of drug-likeness (QED) is 0.773. The summed E-state index contributed by atoms with van der Waals surface area (Å²) < 4.78 is 7.44. The molecule has 0 bridgehead atoms. The van der Waals surface area contributed by atoms with E-state index in [0.29, 0.717) is 6.54 Å². The maximum Gasteiger partial charge on any atom is 0.258 e. The number of hydrogen-bond donors (Lipinski definition) is 1. The van der Waals surface area contributed by atoms with Crippen LogP contribution in [0.4, 0.5) is 0 Å². The smallest absolute Gasteiger partial charge is 0.258 e. The molecule has 2 aromatic heterocycles. The number of benzene rings is 1. The van der Waals surface area contributed by atoms with Crippen molar-refractivity contribution in [1.29, 1.82) is 0 Å². The number of nitrogens with one attached hydrogen (secondary N) is 1. The number of nitrogens with zero attached hydrogens (tertiary/aromatic N) is 3. The SMILES string of the molecule is Cc1nn2cc(CNC(=O)COc3c(C)ccc(C)c3C)nc2s1. The molecule has 3 rings (SSSR count). The van der Waals surface area contributed by atoms with Crippen LogP contribution in [0, 0.1) is 27.7 Å². The van der Waals surface area contributed by atoms with Crippen molar-refractivity contribution in [2.45, 2.75) is 34.2 Å². The summed E-state index contributed by atoms with van der Waals surface area (Å²) in [6.07, 6.45) is 1.83. The van der Waals surface area contributed by atoms with Crippen molar-refractivity contribution in [3.05, 3.63) is 45.7 Å². The average molecular weight is 344 g/mol. The first-order chi connectivity index (χ1) is 11.4. The highest BCUT2D eigenvalue weighted by atomic mass is 32.1. The number of carbonyl (C=O) groups excluding carboxylic acids is 1. The predicted octanol–water partition coefficient (Wildman–Crippen LogP) is 2.72. The molecule has 1 aromatic carbocycles. The summed E-state index contributed by atoms with van der Waals surface area (Å²) in [6, 6.07) is 4.06. The van der Waals surface area contributed by atoms with Crippen molar-refractivity contribution in [1.82, 2.24) is 19.9 Å². The Hall–Kier alpha value is -2.41. The summed E-state index contributed by atoms with van der Waals surface area (Å²) in [5.74, 6) is 0.614. The lowest BCUT2D eigenvalue weighted by atomic mass is 10.1. The largest absolute Gasteiger partial charge is 0.483 e. The van der Waals surface area contributed by atoms with Crippen LogP contribution < -0.4 is 10.1 Å². The van der Waals surface area contributed by atoms with Crippen LogP contribution in [0.3, 0.4) is 0 Å². The van der Waals surface area contributed by atoms with E-state index in [1.54, 1.807) is 4.52 Å². The number of imidazole rings is 1. The van der Waals surface area contributed by atoms with Crippen LogP contribution in [0.1, 0.15) is 27.4 Å². The van der Waals surface area contributed by atoms with Crippen LogP contribution in [0.5, 0.6) is 5.75 Å². The van der Waals surface area contributed by atoms with Crippen molar-refractivity contribution < 1.29 is 9.53 Å². The lowest BCUT2D eigenvalue weighted by Gasteiger charge is -2.13. The molecule has 0 aliphatic carbocycles. The van der Waals surface area contributed by atoms with Crippen molar-refractivity contribution in [2.24, 2.45) is 0 Å². The third-order valence-electron chi connectivity index (χ3n) is 3.88. The molecule has 0 radical (unpaired) electrons. The molecule has 1 amide bonds. The van der Waals surface area contributed by atoms with Crippen LogP contribution in [-0.4, -0.2) is 27.1 Å². The van der Waals surface area contributed by atoms with Crippen molar-refractivity contribution in [3.8, 4) is 5.75 Å². The second-order valence-electron chi connectivity index (χ2n) is 5.80. The zero-order valence-electron chi connectivity index (χ0n) is 14.2. The highest BCUT2D eigenvalue weighted by Crippen LogP contribution is 2.25. The minimum absolute atomic E-state index is 0.00922. The summed E-state index contributed by atoms with van der Waals surface area (Å²) >= 11 is 1.52. The van der Waals surface area contributed by atoms with Gasteiger partial charge >= 0.3 is 0 Å². The Bertz CT molecular complexity index is 866. The summed E-state index contributed by atoms with van der Waals surface area (Å²) in [6.45, 7) is 8.30. The molecule has 1 N–H and O–H groups in total. The second-order valence-corrected chi connectivity index (χ2v) is 6.96. The summed E-state index contributed by atoms with van der Waals surface area (Å²) in [7, 11) is 0. The van der Waals surface area contributed by atoms with Gasteiger partial charge < -0.3 is 10.1 Å². The van der Waals surface area contributed by atoms with Crippen LogP contribution in [0.25, 0.3) is 4.96 Å². The number of aryl methyl sites for hydroxylation is 3. The molecule has 7 heteroatoms. The molecule has 24 heavy (non-hydrogen) atoms. The Morgan fingerprint density at radius 2 is 2.00 bits per heavy atom. The molecule has 0 aliphatic rings. The lowest BCUT2D eigenvalue weighted by molar-refractivity contribution is -0.123. The van der Waals surface area contributed by atoms with Gasteiger partial charge in [0.15, 0.2) is 6.61 Å². The first kappa shape index (κ1) is 16.4. The maximum atomic E-state index is 12.0. The van der Waals surface area contributed by atoms with Gasteiger partial charge in [-0.2, -0.15) is 5.10 Å². The van der Waals surface area contributed by atoms with Crippen molar-refractivity contribution >= 4 is 22.2 Å². The second kappa shape index (κ2) is 6.60. The zero-order chi connectivity index (χ0) is 17.3. The van der Waals surface area contributed by atoms with E-state index >= 15 is 0 Å². The van der Waals surface area contributed by atoms with Crippen LogP contribution in [0.2, 0.25) is 0 Å². The van der Waals surface area contributed by atoms with Crippen molar-refractivity contribution in [2.75, 3.05) is 6.61 Å². The number of fused-ring (bicyclic) bond motifs is 1. The van der Waals surface area contributed by atoms with Gasteiger partial charge in [0.2, 0.25) is 4.96 Å². The third kappa shape index (κ3) is 3.41. The van der Waals surface area contributed by atoms with E-state index in [1.165, 1.54) is 11.3 Å². The molecule has 3 aromatic rings. The molecule has 0 saturated carbocycles. The first-order valence-corrected chi connectivity index (χ1v) is 8.53. The Labute approximate surface area is 144 Å². The normalized spacial score (nSPS) is 11.0. The monoisotopic (exact) mass is 344 g/mol. The van der Waals surface area contributed by atoms with Gasteiger partial charge in [-0.25, -0.2) is 9.50 Å². The lowest BCUT2D eigenvalue weighted by Crippen LogP contribution is -2.28. The molecule has 126 valence electrons. The first-order valence-electron chi connectivity index (χ1n) is 7.72. The highest BCUT2D eigenvalue weighted by Gasteiger charge is 2.10. The van der Waals surface area contributed by atoms with E-state index in [4.69, 9.17) is 4.74 Å². The summed E-state index contributed by atoms with van der Waals surface area (Å²) in [5.41, 5.74) is 4.03. The fourth-order valence-corrected chi connectivity index (χ4v) is 3.20. The predicted molar refractivity (Wildman–Crippen MR) is 93.6 cm³/mol. The molecule has 0 spiro atoms. The van der Waals surface area contributed by atoms with E-state index in [0.717, 1.165) is 38.1 Å². The van der Waals surface area contributed by atoms with Gasteiger partial charge in [-0.15, -0.1) is 0 Å².